The lowest BCUT2D eigenvalue weighted by molar-refractivity contribution is 0.282. The standard InChI is InChI=1S/C11H15N3O3S2/c1-13-6-9(5-12-13)7-14(2)19(16,17)11-3-4-18-10(11)8-15/h3-6,15H,7-8H2,1-2H3. The zero-order valence-electron chi connectivity index (χ0n) is 10.6. The van der Waals surface area contributed by atoms with Crippen molar-refractivity contribution in [2.24, 2.45) is 7.05 Å². The fraction of sp³-hybridized carbons (Fsp3) is 0.364. The quantitative estimate of drug-likeness (QED) is 0.886. The van der Waals surface area contributed by atoms with Gasteiger partial charge in [-0.05, 0) is 11.4 Å². The van der Waals surface area contributed by atoms with Gasteiger partial charge in [-0.3, -0.25) is 4.68 Å². The van der Waals surface area contributed by atoms with Gasteiger partial charge in [-0.15, -0.1) is 11.3 Å². The molecular formula is C11H15N3O3S2. The highest BCUT2D eigenvalue weighted by Gasteiger charge is 2.24. The summed E-state index contributed by atoms with van der Waals surface area (Å²) in [7, 11) is -0.287. The molecular weight excluding hydrogens is 286 g/mol. The summed E-state index contributed by atoms with van der Waals surface area (Å²) in [5.41, 5.74) is 0.814. The molecule has 104 valence electrons. The number of aliphatic hydroxyl groups is 1. The molecule has 2 aromatic heterocycles. The Kier molecular flexibility index (Phi) is 4.04. The van der Waals surface area contributed by atoms with Crippen molar-refractivity contribution in [3.05, 3.63) is 34.3 Å². The van der Waals surface area contributed by atoms with Crippen molar-refractivity contribution < 1.29 is 13.5 Å². The maximum absolute atomic E-state index is 12.4. The molecule has 0 saturated heterocycles. The van der Waals surface area contributed by atoms with E-state index in [-0.39, 0.29) is 18.0 Å². The zero-order valence-corrected chi connectivity index (χ0v) is 12.3. The van der Waals surface area contributed by atoms with E-state index < -0.39 is 10.0 Å². The van der Waals surface area contributed by atoms with Gasteiger partial charge in [0.2, 0.25) is 10.0 Å². The van der Waals surface area contributed by atoms with E-state index >= 15 is 0 Å². The second kappa shape index (κ2) is 5.41. The first-order chi connectivity index (χ1) is 8.95. The Hall–Kier alpha value is -1.22. The fourth-order valence-corrected chi connectivity index (χ4v) is 4.16. The third kappa shape index (κ3) is 2.86. The average Bonchev–Trinajstić information content (AvgIpc) is 2.97. The van der Waals surface area contributed by atoms with E-state index in [0.29, 0.717) is 4.88 Å². The van der Waals surface area contributed by atoms with Crippen molar-refractivity contribution in [2.75, 3.05) is 7.05 Å². The number of aryl methyl sites for hydroxylation is 1. The van der Waals surface area contributed by atoms with Crippen LogP contribution in [0.3, 0.4) is 0 Å². The second-order valence-corrected chi connectivity index (χ2v) is 7.16. The van der Waals surface area contributed by atoms with Crippen molar-refractivity contribution in [1.29, 1.82) is 0 Å². The number of nitrogens with zero attached hydrogens (tertiary/aromatic N) is 3. The molecule has 0 aliphatic heterocycles. The Balaban J connectivity index is 2.24. The van der Waals surface area contributed by atoms with Crippen LogP contribution in [0.1, 0.15) is 10.4 Å². The summed E-state index contributed by atoms with van der Waals surface area (Å²) < 4.78 is 27.6. The Bertz CT molecular complexity index is 660. The van der Waals surface area contributed by atoms with Gasteiger partial charge in [0, 0.05) is 37.3 Å². The van der Waals surface area contributed by atoms with E-state index in [4.69, 9.17) is 5.11 Å². The van der Waals surface area contributed by atoms with Gasteiger partial charge in [0.05, 0.1) is 17.7 Å². The van der Waals surface area contributed by atoms with Gasteiger partial charge in [-0.1, -0.05) is 0 Å². The maximum Gasteiger partial charge on any atom is 0.244 e. The largest absolute Gasteiger partial charge is 0.391 e. The van der Waals surface area contributed by atoms with Crippen LogP contribution in [0.5, 0.6) is 0 Å². The summed E-state index contributed by atoms with van der Waals surface area (Å²) in [6.07, 6.45) is 3.40. The van der Waals surface area contributed by atoms with Crippen molar-refractivity contribution in [1.82, 2.24) is 14.1 Å². The number of aromatic nitrogens is 2. The minimum Gasteiger partial charge on any atom is -0.391 e. The molecule has 0 fully saturated rings. The SMILES string of the molecule is CN(Cc1cnn(C)c1)S(=O)(=O)c1ccsc1CO. The Morgan fingerprint density at radius 2 is 2.26 bits per heavy atom. The predicted octanol–water partition coefficient (Wildman–Crippen LogP) is 0.795. The molecule has 0 aliphatic rings. The van der Waals surface area contributed by atoms with Crippen LogP contribution in [-0.4, -0.2) is 34.7 Å². The number of hydrogen-bond donors (Lipinski definition) is 1. The smallest absolute Gasteiger partial charge is 0.244 e. The lowest BCUT2D eigenvalue weighted by atomic mass is 10.4. The number of aliphatic hydroxyl groups excluding tert-OH is 1. The van der Waals surface area contributed by atoms with E-state index in [1.54, 1.807) is 29.5 Å². The lowest BCUT2D eigenvalue weighted by Crippen LogP contribution is -2.26. The monoisotopic (exact) mass is 301 g/mol. The second-order valence-electron chi connectivity index (χ2n) is 4.15. The van der Waals surface area contributed by atoms with Crippen molar-refractivity contribution in [3.8, 4) is 0 Å². The topological polar surface area (TPSA) is 75.4 Å². The first-order valence-corrected chi connectivity index (χ1v) is 7.88. The van der Waals surface area contributed by atoms with Crippen molar-refractivity contribution in [2.45, 2.75) is 18.0 Å². The number of sulfonamides is 1. The molecule has 0 spiro atoms. The van der Waals surface area contributed by atoms with Crippen molar-refractivity contribution in [3.63, 3.8) is 0 Å². The summed E-state index contributed by atoms with van der Waals surface area (Å²) >= 11 is 1.23. The van der Waals surface area contributed by atoms with E-state index in [1.165, 1.54) is 28.8 Å². The summed E-state index contributed by atoms with van der Waals surface area (Å²) in [4.78, 5) is 0.629. The summed E-state index contributed by atoms with van der Waals surface area (Å²) in [5, 5.41) is 14.8. The third-order valence-electron chi connectivity index (χ3n) is 2.70. The molecule has 0 saturated carbocycles. The molecule has 0 atom stereocenters. The molecule has 0 radical (unpaired) electrons. The van der Waals surface area contributed by atoms with Crippen LogP contribution >= 0.6 is 11.3 Å². The van der Waals surface area contributed by atoms with E-state index in [9.17, 15) is 8.42 Å². The predicted molar refractivity (Wildman–Crippen MR) is 72.1 cm³/mol. The Labute approximate surface area is 116 Å². The lowest BCUT2D eigenvalue weighted by Gasteiger charge is -2.16. The highest BCUT2D eigenvalue weighted by Crippen LogP contribution is 2.25. The summed E-state index contributed by atoms with van der Waals surface area (Å²) in [6, 6.07) is 1.52. The molecule has 8 heteroatoms. The van der Waals surface area contributed by atoms with Gasteiger partial charge in [-0.25, -0.2) is 8.42 Å². The van der Waals surface area contributed by atoms with Gasteiger partial charge < -0.3 is 5.11 Å². The highest BCUT2D eigenvalue weighted by molar-refractivity contribution is 7.89. The van der Waals surface area contributed by atoms with E-state index in [2.05, 4.69) is 5.10 Å². The Morgan fingerprint density at radius 3 is 2.84 bits per heavy atom. The van der Waals surface area contributed by atoms with Crippen LogP contribution in [0.2, 0.25) is 0 Å². The molecule has 1 N–H and O–H groups in total. The Morgan fingerprint density at radius 1 is 1.53 bits per heavy atom. The fourth-order valence-electron chi connectivity index (χ4n) is 1.74. The first kappa shape index (κ1) is 14.2. The average molecular weight is 301 g/mol. The van der Waals surface area contributed by atoms with Crippen LogP contribution in [0.15, 0.2) is 28.7 Å². The molecule has 2 heterocycles. The van der Waals surface area contributed by atoms with Gasteiger partial charge >= 0.3 is 0 Å². The summed E-state index contributed by atoms with van der Waals surface area (Å²) in [6.45, 7) is -0.0240. The van der Waals surface area contributed by atoms with Crippen LogP contribution in [-0.2, 0) is 30.2 Å². The first-order valence-electron chi connectivity index (χ1n) is 5.56. The van der Waals surface area contributed by atoms with Gasteiger partial charge in [-0.2, -0.15) is 9.40 Å². The third-order valence-corrected chi connectivity index (χ3v) is 5.62. The maximum atomic E-state index is 12.4. The van der Waals surface area contributed by atoms with Crippen molar-refractivity contribution >= 4 is 21.4 Å². The molecule has 0 amide bonds. The number of hydrogen-bond acceptors (Lipinski definition) is 5. The normalized spacial score (nSPS) is 12.2. The molecule has 6 nitrogen and oxygen atoms in total. The molecule has 0 unspecified atom stereocenters. The highest BCUT2D eigenvalue weighted by atomic mass is 32.2. The molecule has 19 heavy (non-hydrogen) atoms. The van der Waals surface area contributed by atoms with Crippen LogP contribution in [0.4, 0.5) is 0 Å². The van der Waals surface area contributed by atoms with E-state index in [1.807, 2.05) is 0 Å². The minimum absolute atomic E-state index is 0.173. The molecule has 2 rings (SSSR count). The molecule has 0 aliphatic carbocycles. The van der Waals surface area contributed by atoms with Gasteiger partial charge in [0.15, 0.2) is 0 Å². The molecule has 2 aromatic rings. The van der Waals surface area contributed by atoms with Gasteiger partial charge in [0.25, 0.3) is 0 Å². The zero-order chi connectivity index (χ0) is 14.0. The van der Waals surface area contributed by atoms with E-state index in [0.717, 1.165) is 5.56 Å². The number of thiophene rings is 1. The molecule has 0 bridgehead atoms. The van der Waals surface area contributed by atoms with Crippen LogP contribution in [0.25, 0.3) is 0 Å². The van der Waals surface area contributed by atoms with Crippen LogP contribution in [0, 0.1) is 0 Å². The molecule has 0 aromatic carbocycles. The number of rotatable bonds is 5. The van der Waals surface area contributed by atoms with Gasteiger partial charge in [0.1, 0.15) is 0 Å². The van der Waals surface area contributed by atoms with Crippen LogP contribution < -0.4 is 0 Å². The summed E-state index contributed by atoms with van der Waals surface area (Å²) in [5.74, 6) is 0. The minimum atomic E-state index is -3.58.